The highest BCUT2D eigenvalue weighted by Crippen LogP contribution is 2.30. The van der Waals surface area contributed by atoms with Gasteiger partial charge in [0.2, 0.25) is 0 Å². The molecule has 0 aromatic carbocycles. The maximum absolute atomic E-state index is 13.2. The Labute approximate surface area is 173 Å². The van der Waals surface area contributed by atoms with Gasteiger partial charge < -0.3 is 20.4 Å². The first kappa shape index (κ1) is 20.0. The second-order valence-corrected chi connectivity index (χ2v) is 8.91. The highest BCUT2D eigenvalue weighted by atomic mass is 16.2. The number of likely N-dealkylation sites (tertiary alicyclic amines) is 1. The van der Waals surface area contributed by atoms with Crippen molar-refractivity contribution in [1.82, 2.24) is 20.1 Å². The van der Waals surface area contributed by atoms with E-state index >= 15 is 0 Å². The third kappa shape index (κ3) is 4.82. The van der Waals surface area contributed by atoms with Gasteiger partial charge in [0.15, 0.2) is 0 Å². The van der Waals surface area contributed by atoms with Gasteiger partial charge >= 0.3 is 6.03 Å². The third-order valence-corrected chi connectivity index (χ3v) is 6.04. The lowest BCUT2D eigenvalue weighted by Gasteiger charge is -2.22. The minimum Gasteiger partial charge on any atom is -0.369 e. The molecule has 3 amide bonds. The van der Waals surface area contributed by atoms with Crippen molar-refractivity contribution in [1.29, 1.82) is 0 Å². The maximum Gasteiger partial charge on any atom is 0.317 e. The van der Waals surface area contributed by atoms with Crippen LogP contribution in [0.25, 0.3) is 0 Å². The number of anilines is 1. The number of nitrogens with zero attached hydrogens (tertiary/aromatic N) is 3. The predicted octanol–water partition coefficient (Wildman–Crippen LogP) is 2.66. The van der Waals surface area contributed by atoms with Crippen molar-refractivity contribution >= 4 is 17.8 Å². The summed E-state index contributed by atoms with van der Waals surface area (Å²) in [5.74, 6) is 1.53. The van der Waals surface area contributed by atoms with E-state index in [9.17, 15) is 9.59 Å². The lowest BCUT2D eigenvalue weighted by Crippen LogP contribution is -2.44. The highest BCUT2D eigenvalue weighted by molar-refractivity contribution is 5.99. The molecule has 1 aromatic rings. The van der Waals surface area contributed by atoms with Gasteiger partial charge in [-0.3, -0.25) is 4.79 Å². The maximum atomic E-state index is 13.2. The number of hydrogen-bond donors (Lipinski definition) is 2. The van der Waals surface area contributed by atoms with Gasteiger partial charge in [-0.25, -0.2) is 9.78 Å². The Morgan fingerprint density at radius 2 is 1.83 bits per heavy atom. The van der Waals surface area contributed by atoms with E-state index in [2.05, 4.69) is 10.6 Å². The quantitative estimate of drug-likeness (QED) is 0.798. The molecule has 0 radical (unpaired) electrons. The molecule has 29 heavy (non-hydrogen) atoms. The van der Waals surface area contributed by atoms with Crippen LogP contribution in [-0.4, -0.2) is 65.5 Å². The molecule has 3 aliphatic rings. The lowest BCUT2D eigenvalue weighted by atomic mass is 10.0. The largest absolute Gasteiger partial charge is 0.369 e. The Morgan fingerprint density at radius 1 is 1.10 bits per heavy atom. The molecule has 0 spiro atoms. The minimum absolute atomic E-state index is 0.0201. The molecular weight excluding hydrogens is 366 g/mol. The van der Waals surface area contributed by atoms with Crippen LogP contribution in [0.15, 0.2) is 6.07 Å². The number of carbonyl (C=O) groups excluding carboxylic acids is 2. The molecule has 1 saturated heterocycles. The van der Waals surface area contributed by atoms with Crippen LogP contribution in [0.4, 0.5) is 10.6 Å². The molecule has 4 rings (SSSR count). The summed E-state index contributed by atoms with van der Waals surface area (Å²) in [6.45, 7) is 7.80. The number of fused-ring (bicyclic) bond motifs is 1. The van der Waals surface area contributed by atoms with Crippen LogP contribution in [0, 0.1) is 5.92 Å². The van der Waals surface area contributed by atoms with Crippen LogP contribution in [0.2, 0.25) is 0 Å². The molecule has 0 atom stereocenters. The minimum atomic E-state index is -0.0201. The number of hydrogen-bond acceptors (Lipinski definition) is 4. The molecule has 158 valence electrons. The van der Waals surface area contributed by atoms with Gasteiger partial charge in [0.05, 0.1) is 5.56 Å². The first-order valence-corrected chi connectivity index (χ1v) is 11.1. The molecule has 1 aromatic heterocycles. The van der Waals surface area contributed by atoms with Gasteiger partial charge in [0.1, 0.15) is 5.82 Å². The Hall–Kier alpha value is -2.31. The van der Waals surface area contributed by atoms with E-state index in [-0.39, 0.29) is 18.0 Å². The number of urea groups is 1. The molecule has 7 heteroatoms. The zero-order valence-electron chi connectivity index (χ0n) is 17.7. The fraction of sp³-hybridized carbons (Fsp3) is 0.682. The van der Waals surface area contributed by atoms with E-state index in [0.717, 1.165) is 62.4 Å². The summed E-state index contributed by atoms with van der Waals surface area (Å²) in [5, 5.41) is 6.44. The number of pyridine rings is 1. The summed E-state index contributed by atoms with van der Waals surface area (Å²) in [7, 11) is 0. The Balaban J connectivity index is 1.55. The molecule has 1 aliphatic carbocycles. The highest BCUT2D eigenvalue weighted by Gasteiger charge is 2.28. The van der Waals surface area contributed by atoms with Gasteiger partial charge in [-0.1, -0.05) is 0 Å². The zero-order chi connectivity index (χ0) is 20.4. The van der Waals surface area contributed by atoms with E-state index in [1.807, 2.05) is 29.7 Å². The van der Waals surface area contributed by atoms with Gasteiger partial charge in [-0.05, 0) is 63.5 Å². The molecular formula is C22H33N5O2. The molecule has 2 aliphatic heterocycles. The standard InChI is InChI=1S/C22H33N5O2/c1-15(2)24-22(29)27-11-7-17-13-18(21(28)26-9-3-4-10-26)20(23-14-16-5-6-16)25-19(17)8-12-27/h13,15-16H,3-12,14H2,1-2H3,(H,23,25)(H,24,29). The fourth-order valence-electron chi connectivity index (χ4n) is 4.13. The second-order valence-electron chi connectivity index (χ2n) is 8.91. The first-order chi connectivity index (χ1) is 14.0. The summed E-state index contributed by atoms with van der Waals surface area (Å²) in [5.41, 5.74) is 2.82. The number of nitrogens with one attached hydrogen (secondary N) is 2. The van der Waals surface area contributed by atoms with Gasteiger partial charge in [-0.15, -0.1) is 0 Å². The Bertz CT molecular complexity index is 769. The van der Waals surface area contributed by atoms with Crippen LogP contribution >= 0.6 is 0 Å². The predicted molar refractivity (Wildman–Crippen MR) is 113 cm³/mol. The van der Waals surface area contributed by atoms with Gasteiger partial charge in [0, 0.05) is 50.9 Å². The molecule has 2 N–H and O–H groups in total. The Kier molecular flexibility index (Phi) is 5.92. The Morgan fingerprint density at radius 3 is 2.52 bits per heavy atom. The van der Waals surface area contributed by atoms with E-state index in [1.165, 1.54) is 12.8 Å². The molecule has 3 heterocycles. The van der Waals surface area contributed by atoms with Crippen LogP contribution in [-0.2, 0) is 12.8 Å². The number of amides is 3. The van der Waals surface area contributed by atoms with Crippen molar-refractivity contribution in [2.75, 3.05) is 38.0 Å². The number of rotatable bonds is 5. The van der Waals surface area contributed by atoms with E-state index < -0.39 is 0 Å². The molecule has 2 fully saturated rings. The van der Waals surface area contributed by atoms with Crippen LogP contribution in [0.1, 0.15) is 61.1 Å². The third-order valence-electron chi connectivity index (χ3n) is 6.04. The van der Waals surface area contributed by atoms with E-state index in [0.29, 0.717) is 24.6 Å². The monoisotopic (exact) mass is 399 g/mol. The molecule has 0 bridgehead atoms. The first-order valence-electron chi connectivity index (χ1n) is 11.1. The molecule has 7 nitrogen and oxygen atoms in total. The van der Waals surface area contributed by atoms with Crippen molar-refractivity contribution in [2.45, 2.75) is 58.4 Å². The molecule has 0 unspecified atom stereocenters. The number of aromatic nitrogens is 1. The van der Waals surface area contributed by atoms with Gasteiger partial charge in [-0.2, -0.15) is 0 Å². The van der Waals surface area contributed by atoms with Crippen LogP contribution < -0.4 is 10.6 Å². The number of carbonyl (C=O) groups is 2. The van der Waals surface area contributed by atoms with Crippen molar-refractivity contribution in [3.8, 4) is 0 Å². The van der Waals surface area contributed by atoms with Crippen molar-refractivity contribution in [2.24, 2.45) is 5.92 Å². The second kappa shape index (κ2) is 8.59. The average Bonchev–Trinajstić information content (AvgIpc) is 3.41. The van der Waals surface area contributed by atoms with Crippen molar-refractivity contribution in [3.63, 3.8) is 0 Å². The molecule has 1 saturated carbocycles. The van der Waals surface area contributed by atoms with Crippen molar-refractivity contribution in [3.05, 3.63) is 22.9 Å². The SMILES string of the molecule is CC(C)NC(=O)N1CCc2cc(C(=O)N3CCCC3)c(NCC3CC3)nc2CC1. The summed E-state index contributed by atoms with van der Waals surface area (Å²) >= 11 is 0. The topological polar surface area (TPSA) is 77.6 Å². The normalized spacial score (nSPS) is 19.1. The van der Waals surface area contributed by atoms with E-state index in [4.69, 9.17) is 4.98 Å². The smallest absolute Gasteiger partial charge is 0.317 e. The summed E-state index contributed by atoms with van der Waals surface area (Å²) in [6, 6.07) is 2.14. The summed E-state index contributed by atoms with van der Waals surface area (Å²) in [6.07, 6.45) is 6.12. The fourth-order valence-corrected chi connectivity index (χ4v) is 4.13. The summed E-state index contributed by atoms with van der Waals surface area (Å²) in [4.78, 5) is 34.3. The van der Waals surface area contributed by atoms with Crippen LogP contribution in [0.3, 0.4) is 0 Å². The van der Waals surface area contributed by atoms with E-state index in [1.54, 1.807) is 0 Å². The zero-order valence-corrected chi connectivity index (χ0v) is 17.7. The van der Waals surface area contributed by atoms with Crippen molar-refractivity contribution < 1.29 is 9.59 Å². The lowest BCUT2D eigenvalue weighted by molar-refractivity contribution is 0.0793. The van der Waals surface area contributed by atoms with Gasteiger partial charge in [0.25, 0.3) is 5.91 Å². The average molecular weight is 400 g/mol. The summed E-state index contributed by atoms with van der Waals surface area (Å²) < 4.78 is 0. The van der Waals surface area contributed by atoms with Crippen LogP contribution in [0.5, 0.6) is 0 Å².